The van der Waals surface area contributed by atoms with Crippen LogP contribution in [0.3, 0.4) is 0 Å². The number of hydrogen-bond acceptors (Lipinski definition) is 6. The minimum Gasteiger partial charge on any atom is -0.507 e. The third kappa shape index (κ3) is 4.11. The Morgan fingerprint density at radius 1 is 1.14 bits per heavy atom. The summed E-state index contributed by atoms with van der Waals surface area (Å²) in [5.74, 6) is -0.942. The average Bonchev–Trinajstić information content (AvgIpc) is 3.37. The highest BCUT2D eigenvalue weighted by molar-refractivity contribution is 9.10. The van der Waals surface area contributed by atoms with Gasteiger partial charge in [-0.3, -0.25) is 9.59 Å². The summed E-state index contributed by atoms with van der Waals surface area (Å²) in [5.41, 5.74) is 2.67. The molecule has 0 saturated carbocycles. The number of likely N-dealkylation sites (tertiary alicyclic amines) is 1. The van der Waals surface area contributed by atoms with Crippen LogP contribution in [0.1, 0.15) is 35.2 Å². The van der Waals surface area contributed by atoms with Crippen LogP contribution in [0.5, 0.6) is 17.2 Å². The topological polar surface area (TPSA) is 96.3 Å². The molecule has 2 unspecified atom stereocenters. The van der Waals surface area contributed by atoms with Crippen molar-refractivity contribution in [2.45, 2.75) is 32.0 Å². The Bertz CT molecular complexity index is 1400. The number of methoxy groups -OCH3 is 1. The van der Waals surface area contributed by atoms with E-state index in [9.17, 15) is 19.8 Å². The molecule has 36 heavy (non-hydrogen) atoms. The number of benzene rings is 3. The number of carbonyl (C=O) groups excluding carboxylic acids is 2. The number of halogens is 1. The summed E-state index contributed by atoms with van der Waals surface area (Å²) >= 11 is 3.33. The zero-order valence-corrected chi connectivity index (χ0v) is 21.3. The number of aliphatic hydroxyl groups is 1. The van der Waals surface area contributed by atoms with Crippen molar-refractivity contribution in [3.05, 3.63) is 93.0 Å². The zero-order valence-electron chi connectivity index (χ0n) is 19.7. The van der Waals surface area contributed by atoms with Crippen LogP contribution in [0.4, 0.5) is 0 Å². The molecule has 3 aromatic carbocycles. The number of ether oxygens (including phenoxy) is 2. The number of amides is 1. The molecule has 0 aliphatic carbocycles. The maximum Gasteiger partial charge on any atom is 0.295 e. The lowest BCUT2D eigenvalue weighted by atomic mass is 9.94. The second kappa shape index (κ2) is 9.35. The molecule has 2 aliphatic rings. The van der Waals surface area contributed by atoms with E-state index < -0.39 is 17.7 Å². The number of phenolic OH excluding ortho intramolecular Hbond substituents is 1. The standard InChI is InChI=1S/C28H24BrNO6/c1-15-10-18-11-17(8-9-21(18)36-15)25(31)23-24(19-12-20(29)26(32)22(13-19)35-2)30(28(34)27(23)33)14-16-6-4-3-5-7-16/h3-9,11-13,15,24,31-32H,10,14H2,1-2H3/b25-23-. The Hall–Kier alpha value is -3.78. The molecule has 2 heterocycles. The smallest absolute Gasteiger partial charge is 0.295 e. The number of nitrogens with zero attached hydrogens (tertiary/aromatic N) is 1. The van der Waals surface area contributed by atoms with E-state index in [4.69, 9.17) is 9.47 Å². The van der Waals surface area contributed by atoms with Crippen molar-refractivity contribution in [1.29, 1.82) is 0 Å². The van der Waals surface area contributed by atoms with Crippen molar-refractivity contribution in [3.8, 4) is 17.2 Å². The second-order valence-corrected chi connectivity index (χ2v) is 9.78. The van der Waals surface area contributed by atoms with Crippen molar-refractivity contribution < 1.29 is 29.3 Å². The van der Waals surface area contributed by atoms with E-state index in [0.717, 1.165) is 16.9 Å². The Morgan fingerprint density at radius 2 is 1.89 bits per heavy atom. The maximum absolute atomic E-state index is 13.4. The van der Waals surface area contributed by atoms with Gasteiger partial charge in [-0.15, -0.1) is 0 Å². The molecule has 8 heteroatoms. The molecular formula is C28H24BrNO6. The number of ketones is 1. The van der Waals surface area contributed by atoms with Crippen LogP contribution in [0, 0.1) is 0 Å². The molecule has 1 fully saturated rings. The largest absolute Gasteiger partial charge is 0.507 e. The summed E-state index contributed by atoms with van der Waals surface area (Å²) in [6.07, 6.45) is 0.709. The Labute approximate surface area is 216 Å². The highest BCUT2D eigenvalue weighted by Crippen LogP contribution is 2.45. The van der Waals surface area contributed by atoms with E-state index in [1.807, 2.05) is 37.3 Å². The van der Waals surface area contributed by atoms with Crippen LogP contribution in [-0.4, -0.2) is 40.0 Å². The van der Waals surface area contributed by atoms with Crippen molar-refractivity contribution in [2.24, 2.45) is 0 Å². The van der Waals surface area contributed by atoms with Gasteiger partial charge in [0, 0.05) is 18.5 Å². The lowest BCUT2D eigenvalue weighted by molar-refractivity contribution is -0.140. The van der Waals surface area contributed by atoms with Gasteiger partial charge >= 0.3 is 0 Å². The minimum absolute atomic E-state index is 0.0238. The molecule has 0 spiro atoms. The molecule has 184 valence electrons. The molecule has 0 bridgehead atoms. The minimum atomic E-state index is -0.903. The number of aliphatic hydroxyl groups excluding tert-OH is 1. The molecule has 3 aromatic rings. The van der Waals surface area contributed by atoms with Gasteiger partial charge in [-0.25, -0.2) is 0 Å². The number of hydrogen-bond donors (Lipinski definition) is 2. The van der Waals surface area contributed by atoms with Crippen molar-refractivity contribution in [2.75, 3.05) is 7.11 Å². The van der Waals surface area contributed by atoms with Crippen LogP contribution in [0.25, 0.3) is 5.76 Å². The molecule has 1 saturated heterocycles. The first-order valence-electron chi connectivity index (χ1n) is 11.5. The van der Waals surface area contributed by atoms with Gasteiger partial charge in [0.25, 0.3) is 11.7 Å². The Balaban J connectivity index is 1.68. The van der Waals surface area contributed by atoms with Crippen LogP contribution in [0.2, 0.25) is 0 Å². The fraction of sp³-hybridized carbons (Fsp3) is 0.214. The summed E-state index contributed by atoms with van der Waals surface area (Å²) in [5, 5.41) is 21.8. The number of fused-ring (bicyclic) bond motifs is 1. The van der Waals surface area contributed by atoms with E-state index in [0.29, 0.717) is 22.0 Å². The monoisotopic (exact) mass is 549 g/mol. The van der Waals surface area contributed by atoms with Crippen molar-refractivity contribution >= 4 is 33.4 Å². The first kappa shape index (κ1) is 23.9. The van der Waals surface area contributed by atoms with Crippen LogP contribution in [0.15, 0.2) is 70.7 Å². The number of aromatic hydroxyl groups is 1. The van der Waals surface area contributed by atoms with Gasteiger partial charge in [0.2, 0.25) is 0 Å². The van der Waals surface area contributed by atoms with E-state index in [1.54, 1.807) is 30.3 Å². The maximum atomic E-state index is 13.4. The first-order valence-corrected chi connectivity index (χ1v) is 12.3. The van der Waals surface area contributed by atoms with Gasteiger partial charge in [-0.05, 0) is 69.9 Å². The fourth-order valence-corrected chi connectivity index (χ4v) is 5.26. The van der Waals surface area contributed by atoms with E-state index in [1.165, 1.54) is 12.0 Å². The Morgan fingerprint density at radius 3 is 2.61 bits per heavy atom. The van der Waals surface area contributed by atoms with Gasteiger partial charge in [-0.1, -0.05) is 30.3 Å². The number of phenols is 1. The molecule has 2 aliphatic heterocycles. The van der Waals surface area contributed by atoms with Gasteiger partial charge in [0.05, 0.1) is 23.2 Å². The number of carbonyl (C=O) groups is 2. The molecule has 0 radical (unpaired) electrons. The average molecular weight is 550 g/mol. The van der Waals surface area contributed by atoms with Gasteiger partial charge in [-0.2, -0.15) is 0 Å². The van der Waals surface area contributed by atoms with Crippen LogP contribution in [-0.2, 0) is 22.6 Å². The van der Waals surface area contributed by atoms with Crippen molar-refractivity contribution in [1.82, 2.24) is 4.90 Å². The molecule has 2 atom stereocenters. The first-order chi connectivity index (χ1) is 17.3. The third-order valence-corrected chi connectivity index (χ3v) is 7.10. The number of rotatable bonds is 5. The molecular weight excluding hydrogens is 526 g/mol. The highest BCUT2D eigenvalue weighted by atomic mass is 79.9. The quantitative estimate of drug-likeness (QED) is 0.261. The summed E-state index contributed by atoms with van der Waals surface area (Å²) in [7, 11) is 1.42. The summed E-state index contributed by atoms with van der Waals surface area (Å²) in [6, 6.07) is 16.8. The van der Waals surface area contributed by atoms with Crippen LogP contribution < -0.4 is 9.47 Å². The summed E-state index contributed by atoms with van der Waals surface area (Å²) < 4.78 is 11.4. The van der Waals surface area contributed by atoms with Gasteiger partial charge in [0.15, 0.2) is 11.5 Å². The van der Waals surface area contributed by atoms with Gasteiger partial charge in [0.1, 0.15) is 17.6 Å². The predicted molar refractivity (Wildman–Crippen MR) is 137 cm³/mol. The lowest BCUT2D eigenvalue weighted by Crippen LogP contribution is -2.29. The lowest BCUT2D eigenvalue weighted by Gasteiger charge is -2.26. The summed E-state index contributed by atoms with van der Waals surface area (Å²) in [4.78, 5) is 28.1. The normalized spacial score (nSPS) is 20.4. The molecule has 0 aromatic heterocycles. The zero-order chi connectivity index (χ0) is 25.6. The van der Waals surface area contributed by atoms with Gasteiger partial charge < -0.3 is 24.6 Å². The SMILES string of the molecule is COc1cc(C2/C(=C(/O)c3ccc4c(c3)CC(C)O4)C(=O)C(=O)N2Cc2ccccc2)cc(Br)c1O. The van der Waals surface area contributed by atoms with E-state index >= 15 is 0 Å². The van der Waals surface area contributed by atoms with E-state index in [-0.39, 0.29) is 35.5 Å². The molecule has 7 nitrogen and oxygen atoms in total. The third-order valence-electron chi connectivity index (χ3n) is 6.49. The molecule has 5 rings (SSSR count). The predicted octanol–water partition coefficient (Wildman–Crippen LogP) is 5.11. The Kier molecular flexibility index (Phi) is 6.22. The van der Waals surface area contributed by atoms with E-state index in [2.05, 4.69) is 15.9 Å². The molecule has 2 N–H and O–H groups in total. The van der Waals surface area contributed by atoms with Crippen LogP contribution >= 0.6 is 15.9 Å². The summed E-state index contributed by atoms with van der Waals surface area (Å²) in [6.45, 7) is 2.12. The number of Topliss-reactive ketones (excluding diaryl/α,β-unsaturated/α-hetero) is 1. The fourth-order valence-electron chi connectivity index (χ4n) is 4.80. The highest BCUT2D eigenvalue weighted by Gasteiger charge is 2.46. The second-order valence-electron chi connectivity index (χ2n) is 8.92. The molecule has 1 amide bonds. The van der Waals surface area contributed by atoms with Crippen molar-refractivity contribution in [3.63, 3.8) is 0 Å².